The van der Waals surface area contributed by atoms with Crippen LogP contribution in [0.2, 0.25) is 0 Å². The molecule has 112 valence electrons. The number of hydrogen-bond donors (Lipinski definition) is 2. The van der Waals surface area contributed by atoms with Crippen LogP contribution in [0.3, 0.4) is 0 Å². The number of aliphatic carboxylic acids is 1. The van der Waals surface area contributed by atoms with Crippen LogP contribution in [-0.2, 0) is 28.0 Å². The number of carboxylic acid groups (broad SMARTS) is 1. The van der Waals surface area contributed by atoms with Gasteiger partial charge in [-0.15, -0.1) is 0 Å². The van der Waals surface area contributed by atoms with Crippen LogP contribution in [0, 0.1) is 5.92 Å². The fraction of sp³-hybridized carbons (Fsp3) is 0.615. The predicted octanol–water partition coefficient (Wildman–Crippen LogP) is 0.552. The number of aromatic nitrogens is 2. The van der Waals surface area contributed by atoms with Gasteiger partial charge in [0.2, 0.25) is 5.91 Å². The number of hydrogen-bond acceptors (Lipinski definition) is 4. The van der Waals surface area contributed by atoms with Crippen molar-refractivity contribution in [3.63, 3.8) is 0 Å². The van der Waals surface area contributed by atoms with Crippen LogP contribution in [0.25, 0.3) is 0 Å². The molecule has 0 unspecified atom stereocenters. The van der Waals surface area contributed by atoms with Gasteiger partial charge >= 0.3 is 5.97 Å². The normalized spacial score (nSPS) is 13.8. The van der Waals surface area contributed by atoms with E-state index in [9.17, 15) is 9.59 Å². The van der Waals surface area contributed by atoms with Gasteiger partial charge in [0.1, 0.15) is 12.6 Å². The third-order valence-corrected chi connectivity index (χ3v) is 3.20. The molecule has 2 atom stereocenters. The standard InChI is InChI=1S/C13H21N3O4/c1-4-9(2)12(13(18)19)15-11(17)8-20-7-10-5-6-14-16(10)3/h5-6,9,12H,4,7-8H2,1-3H3,(H,15,17)(H,18,19)/t9-,12-/m0/s1. The first-order valence-corrected chi connectivity index (χ1v) is 6.52. The molecule has 0 aliphatic carbocycles. The number of amides is 1. The predicted molar refractivity (Wildman–Crippen MR) is 71.9 cm³/mol. The molecule has 1 aromatic heterocycles. The Labute approximate surface area is 117 Å². The summed E-state index contributed by atoms with van der Waals surface area (Å²) in [6, 6.07) is 0.907. The Hall–Kier alpha value is -1.89. The van der Waals surface area contributed by atoms with Crippen molar-refractivity contribution in [1.29, 1.82) is 0 Å². The average Bonchev–Trinajstić information content (AvgIpc) is 2.80. The van der Waals surface area contributed by atoms with E-state index >= 15 is 0 Å². The molecule has 1 heterocycles. The van der Waals surface area contributed by atoms with Crippen LogP contribution in [0.15, 0.2) is 12.3 Å². The molecule has 0 aliphatic rings. The minimum absolute atomic E-state index is 0.131. The Kier molecular flexibility index (Phi) is 6.17. The second-order valence-corrected chi connectivity index (χ2v) is 4.71. The van der Waals surface area contributed by atoms with Gasteiger partial charge in [-0.05, 0) is 12.0 Å². The summed E-state index contributed by atoms with van der Waals surface area (Å²) in [7, 11) is 1.78. The Balaban J connectivity index is 2.39. The highest BCUT2D eigenvalue weighted by Crippen LogP contribution is 2.07. The second-order valence-electron chi connectivity index (χ2n) is 4.71. The van der Waals surface area contributed by atoms with Crippen molar-refractivity contribution >= 4 is 11.9 Å². The summed E-state index contributed by atoms with van der Waals surface area (Å²) in [4.78, 5) is 22.7. The number of ether oxygens (including phenoxy) is 1. The molecule has 20 heavy (non-hydrogen) atoms. The average molecular weight is 283 g/mol. The molecule has 0 aliphatic heterocycles. The molecule has 1 rings (SSSR count). The lowest BCUT2D eigenvalue weighted by molar-refractivity contribution is -0.144. The lowest BCUT2D eigenvalue weighted by atomic mass is 9.99. The molecule has 0 spiro atoms. The highest BCUT2D eigenvalue weighted by atomic mass is 16.5. The molecule has 1 amide bonds. The van der Waals surface area contributed by atoms with Crippen LogP contribution < -0.4 is 5.32 Å². The van der Waals surface area contributed by atoms with Crippen molar-refractivity contribution in [3.05, 3.63) is 18.0 Å². The van der Waals surface area contributed by atoms with E-state index in [0.717, 1.165) is 5.69 Å². The fourth-order valence-electron chi connectivity index (χ4n) is 1.69. The molecule has 0 aromatic carbocycles. The minimum Gasteiger partial charge on any atom is -0.480 e. The number of carbonyl (C=O) groups is 2. The van der Waals surface area contributed by atoms with Crippen molar-refractivity contribution in [3.8, 4) is 0 Å². The number of nitrogens with one attached hydrogen (secondary N) is 1. The van der Waals surface area contributed by atoms with Crippen LogP contribution in [0.4, 0.5) is 0 Å². The molecule has 1 aromatic rings. The molecular weight excluding hydrogens is 262 g/mol. The first kappa shape index (κ1) is 16.2. The monoisotopic (exact) mass is 283 g/mol. The summed E-state index contributed by atoms with van der Waals surface area (Å²) in [5.41, 5.74) is 0.842. The van der Waals surface area contributed by atoms with Crippen LogP contribution in [0.1, 0.15) is 26.0 Å². The molecule has 0 radical (unpaired) electrons. The third-order valence-electron chi connectivity index (χ3n) is 3.20. The first-order valence-electron chi connectivity index (χ1n) is 6.52. The Morgan fingerprint density at radius 2 is 2.25 bits per heavy atom. The van der Waals surface area contributed by atoms with Gasteiger partial charge in [-0.2, -0.15) is 5.10 Å². The van der Waals surface area contributed by atoms with E-state index < -0.39 is 17.9 Å². The lowest BCUT2D eigenvalue weighted by Gasteiger charge is -2.20. The molecule has 7 heteroatoms. The fourth-order valence-corrected chi connectivity index (χ4v) is 1.69. The highest BCUT2D eigenvalue weighted by molar-refractivity contribution is 5.84. The number of nitrogens with zero attached hydrogens (tertiary/aromatic N) is 2. The molecular formula is C13H21N3O4. The van der Waals surface area contributed by atoms with Crippen molar-refractivity contribution < 1.29 is 19.4 Å². The van der Waals surface area contributed by atoms with Gasteiger partial charge in [0.25, 0.3) is 0 Å². The highest BCUT2D eigenvalue weighted by Gasteiger charge is 2.25. The third kappa shape index (κ3) is 4.65. The van der Waals surface area contributed by atoms with Crippen LogP contribution in [0.5, 0.6) is 0 Å². The summed E-state index contributed by atoms with van der Waals surface area (Å²) < 4.78 is 6.90. The zero-order valence-corrected chi connectivity index (χ0v) is 12.0. The zero-order chi connectivity index (χ0) is 15.1. The second kappa shape index (κ2) is 7.64. The molecule has 0 saturated carbocycles. The van der Waals surface area contributed by atoms with Gasteiger partial charge in [-0.25, -0.2) is 4.79 Å². The smallest absolute Gasteiger partial charge is 0.326 e. The number of carbonyl (C=O) groups excluding carboxylic acids is 1. The van der Waals surface area contributed by atoms with E-state index in [0.29, 0.717) is 6.42 Å². The van der Waals surface area contributed by atoms with Gasteiger partial charge in [0.05, 0.1) is 12.3 Å². The van der Waals surface area contributed by atoms with E-state index in [2.05, 4.69) is 10.4 Å². The number of carboxylic acids is 1. The van der Waals surface area contributed by atoms with Crippen molar-refractivity contribution in [2.24, 2.45) is 13.0 Å². The molecule has 0 bridgehead atoms. The topological polar surface area (TPSA) is 93.5 Å². The maximum Gasteiger partial charge on any atom is 0.326 e. The van der Waals surface area contributed by atoms with Crippen molar-refractivity contribution in [2.45, 2.75) is 32.9 Å². The zero-order valence-electron chi connectivity index (χ0n) is 12.0. The number of rotatable bonds is 8. The number of aryl methyl sites for hydroxylation is 1. The van der Waals surface area contributed by atoms with Crippen LogP contribution in [-0.4, -0.2) is 39.4 Å². The summed E-state index contributed by atoms with van der Waals surface area (Å²) in [5.74, 6) is -1.59. The van der Waals surface area contributed by atoms with E-state index in [4.69, 9.17) is 9.84 Å². The van der Waals surface area contributed by atoms with Gasteiger partial charge in [0, 0.05) is 13.2 Å². The quantitative estimate of drug-likeness (QED) is 0.727. The van der Waals surface area contributed by atoms with Gasteiger partial charge in [-0.1, -0.05) is 20.3 Å². The maximum atomic E-state index is 11.7. The largest absolute Gasteiger partial charge is 0.480 e. The van der Waals surface area contributed by atoms with Gasteiger partial charge < -0.3 is 15.2 Å². The molecule has 7 nitrogen and oxygen atoms in total. The molecule has 0 fully saturated rings. The molecule has 2 N–H and O–H groups in total. The minimum atomic E-state index is -1.03. The maximum absolute atomic E-state index is 11.7. The van der Waals surface area contributed by atoms with Crippen LogP contribution >= 0.6 is 0 Å². The van der Waals surface area contributed by atoms with Crippen molar-refractivity contribution in [2.75, 3.05) is 6.61 Å². The van der Waals surface area contributed by atoms with E-state index in [1.165, 1.54) is 0 Å². The van der Waals surface area contributed by atoms with E-state index in [-0.39, 0.29) is 19.1 Å². The summed E-state index contributed by atoms with van der Waals surface area (Å²) in [6.07, 6.45) is 2.31. The van der Waals surface area contributed by atoms with Gasteiger partial charge in [0.15, 0.2) is 0 Å². The lowest BCUT2D eigenvalue weighted by Crippen LogP contribution is -2.46. The van der Waals surface area contributed by atoms with Crippen molar-refractivity contribution in [1.82, 2.24) is 15.1 Å². The Bertz CT molecular complexity index is 458. The molecule has 0 saturated heterocycles. The van der Waals surface area contributed by atoms with E-state index in [1.54, 1.807) is 30.9 Å². The Morgan fingerprint density at radius 3 is 2.75 bits per heavy atom. The summed E-state index contributed by atoms with van der Waals surface area (Å²) in [5, 5.41) is 15.5. The van der Waals surface area contributed by atoms with E-state index in [1.807, 2.05) is 6.92 Å². The first-order chi connectivity index (χ1) is 9.45. The van der Waals surface area contributed by atoms with Gasteiger partial charge in [-0.3, -0.25) is 9.48 Å². The SMILES string of the molecule is CC[C@H](C)[C@H](NC(=O)COCc1ccnn1C)C(=O)O. The summed E-state index contributed by atoms with van der Waals surface area (Å²) >= 11 is 0. The summed E-state index contributed by atoms with van der Waals surface area (Å²) in [6.45, 7) is 3.75. The Morgan fingerprint density at radius 1 is 1.55 bits per heavy atom.